The molecule has 0 bridgehead atoms. The number of nitrogens with one attached hydrogen (secondary N) is 1. The summed E-state index contributed by atoms with van der Waals surface area (Å²) in [5.41, 5.74) is 0. The molecule has 0 amide bonds. The second kappa shape index (κ2) is 7.20. The van der Waals surface area contributed by atoms with E-state index in [4.69, 9.17) is 0 Å². The van der Waals surface area contributed by atoms with Crippen LogP contribution in [-0.4, -0.2) is 61.7 Å². The molecule has 0 atom stereocenters. The van der Waals surface area contributed by atoms with Crippen molar-refractivity contribution in [1.29, 1.82) is 0 Å². The van der Waals surface area contributed by atoms with E-state index in [-0.39, 0.29) is 0 Å². The quantitative estimate of drug-likeness (QED) is 0.664. The van der Waals surface area contributed by atoms with E-state index in [2.05, 4.69) is 35.9 Å². The van der Waals surface area contributed by atoms with Crippen molar-refractivity contribution in [3.05, 3.63) is 0 Å². The van der Waals surface area contributed by atoms with Gasteiger partial charge >= 0.3 is 0 Å². The third-order valence-corrected chi connectivity index (χ3v) is 3.12. The largest absolute Gasteiger partial charge is 0.314 e. The summed E-state index contributed by atoms with van der Waals surface area (Å²) in [6.45, 7) is 15.3. The van der Waals surface area contributed by atoms with Gasteiger partial charge in [-0.15, -0.1) is 0 Å². The molecule has 90 valence electrons. The highest BCUT2D eigenvalue weighted by molar-refractivity contribution is 4.71. The Morgan fingerprint density at radius 2 is 1.67 bits per heavy atom. The summed E-state index contributed by atoms with van der Waals surface area (Å²) >= 11 is 0. The molecule has 0 unspecified atom stereocenters. The lowest BCUT2D eigenvalue weighted by Crippen LogP contribution is -2.46. The Morgan fingerprint density at radius 1 is 1.07 bits per heavy atom. The van der Waals surface area contributed by atoms with Gasteiger partial charge in [-0.2, -0.15) is 0 Å². The Balaban J connectivity index is 1.99. The summed E-state index contributed by atoms with van der Waals surface area (Å²) in [5.74, 6) is 0. The predicted molar refractivity (Wildman–Crippen MR) is 66.3 cm³/mol. The lowest BCUT2D eigenvalue weighted by Gasteiger charge is -2.34. The third-order valence-electron chi connectivity index (χ3n) is 3.12. The zero-order valence-corrected chi connectivity index (χ0v) is 10.6. The molecule has 3 nitrogen and oxygen atoms in total. The zero-order valence-electron chi connectivity index (χ0n) is 10.6. The van der Waals surface area contributed by atoms with Gasteiger partial charge in [-0.3, -0.25) is 0 Å². The first-order valence-corrected chi connectivity index (χ1v) is 6.40. The van der Waals surface area contributed by atoms with Gasteiger partial charge in [-0.25, -0.2) is 0 Å². The number of piperazine rings is 1. The van der Waals surface area contributed by atoms with Crippen LogP contribution in [0.25, 0.3) is 0 Å². The minimum atomic E-state index is 0.627. The molecule has 0 spiro atoms. The maximum absolute atomic E-state index is 3.47. The number of hydrogen-bond acceptors (Lipinski definition) is 3. The van der Waals surface area contributed by atoms with Crippen LogP contribution in [0.4, 0.5) is 0 Å². The lowest BCUT2D eigenvalue weighted by molar-refractivity contribution is 0.136. The van der Waals surface area contributed by atoms with Crippen LogP contribution < -0.4 is 5.32 Å². The van der Waals surface area contributed by atoms with Crippen molar-refractivity contribution in [3.8, 4) is 0 Å². The Morgan fingerprint density at radius 3 is 2.20 bits per heavy atom. The zero-order chi connectivity index (χ0) is 11.1. The topological polar surface area (TPSA) is 18.5 Å². The Kier molecular flexibility index (Phi) is 6.22. The molecule has 1 heterocycles. The highest BCUT2D eigenvalue weighted by Gasteiger charge is 2.14. The molecule has 1 fully saturated rings. The molecule has 3 heteroatoms. The van der Waals surface area contributed by atoms with Crippen LogP contribution in [0, 0.1) is 0 Å². The van der Waals surface area contributed by atoms with Crippen LogP contribution in [0.1, 0.15) is 27.2 Å². The summed E-state index contributed by atoms with van der Waals surface area (Å²) in [4.78, 5) is 5.12. The molecule has 1 aliphatic rings. The molecule has 0 aromatic carbocycles. The lowest BCUT2D eigenvalue weighted by atomic mass is 10.3. The van der Waals surface area contributed by atoms with Crippen molar-refractivity contribution in [1.82, 2.24) is 15.1 Å². The maximum atomic E-state index is 3.47. The predicted octanol–water partition coefficient (Wildman–Crippen LogP) is 1.01. The normalized spacial score (nSPS) is 20.0. The van der Waals surface area contributed by atoms with Crippen molar-refractivity contribution in [2.75, 3.05) is 45.8 Å². The van der Waals surface area contributed by atoms with Gasteiger partial charge in [-0.1, -0.05) is 20.8 Å². The van der Waals surface area contributed by atoms with E-state index in [0.717, 1.165) is 6.54 Å². The summed E-state index contributed by atoms with van der Waals surface area (Å²) < 4.78 is 0. The number of hydrogen-bond donors (Lipinski definition) is 1. The summed E-state index contributed by atoms with van der Waals surface area (Å²) in [5, 5.41) is 3.47. The van der Waals surface area contributed by atoms with Crippen molar-refractivity contribution in [3.63, 3.8) is 0 Å². The number of rotatable bonds is 6. The highest BCUT2D eigenvalue weighted by atomic mass is 15.3. The van der Waals surface area contributed by atoms with Gasteiger partial charge in [0.15, 0.2) is 0 Å². The second-order valence-electron chi connectivity index (χ2n) is 4.74. The van der Waals surface area contributed by atoms with Crippen LogP contribution >= 0.6 is 0 Å². The standard InChI is InChI=1S/C12H27N3/c1-4-14-8-10-15(11-9-14)7-5-6-13-12(2)3/h12-13H,4-11H2,1-3H3. The van der Waals surface area contributed by atoms with Crippen molar-refractivity contribution >= 4 is 0 Å². The molecule has 0 aliphatic carbocycles. The van der Waals surface area contributed by atoms with Crippen LogP contribution in [0.2, 0.25) is 0 Å². The fraction of sp³-hybridized carbons (Fsp3) is 1.00. The fourth-order valence-electron chi connectivity index (χ4n) is 2.02. The Hall–Kier alpha value is -0.120. The maximum Gasteiger partial charge on any atom is 0.0110 e. The molecule has 15 heavy (non-hydrogen) atoms. The van der Waals surface area contributed by atoms with E-state index in [9.17, 15) is 0 Å². The number of nitrogens with zero attached hydrogens (tertiary/aromatic N) is 2. The van der Waals surface area contributed by atoms with Crippen LogP contribution in [0.5, 0.6) is 0 Å². The monoisotopic (exact) mass is 213 g/mol. The molecule has 0 radical (unpaired) electrons. The van der Waals surface area contributed by atoms with Crippen LogP contribution in [0.15, 0.2) is 0 Å². The molecule has 1 N–H and O–H groups in total. The average Bonchev–Trinajstić information content (AvgIpc) is 2.25. The van der Waals surface area contributed by atoms with Gasteiger partial charge in [0, 0.05) is 32.2 Å². The van der Waals surface area contributed by atoms with E-state index in [1.807, 2.05) is 0 Å². The Bertz CT molecular complexity index is 151. The first-order valence-electron chi connectivity index (χ1n) is 6.40. The van der Waals surface area contributed by atoms with Gasteiger partial charge in [-0.05, 0) is 26.1 Å². The third kappa shape index (κ3) is 5.50. The second-order valence-corrected chi connectivity index (χ2v) is 4.74. The van der Waals surface area contributed by atoms with Gasteiger partial charge in [0.25, 0.3) is 0 Å². The van der Waals surface area contributed by atoms with Gasteiger partial charge in [0.1, 0.15) is 0 Å². The molecule has 0 aromatic heterocycles. The van der Waals surface area contributed by atoms with Gasteiger partial charge in [0.2, 0.25) is 0 Å². The summed E-state index contributed by atoms with van der Waals surface area (Å²) in [6, 6.07) is 0.627. The Labute approximate surface area is 94.8 Å². The van der Waals surface area contributed by atoms with Crippen molar-refractivity contribution in [2.24, 2.45) is 0 Å². The minimum Gasteiger partial charge on any atom is -0.314 e. The van der Waals surface area contributed by atoms with Crippen molar-refractivity contribution in [2.45, 2.75) is 33.2 Å². The summed E-state index contributed by atoms with van der Waals surface area (Å²) in [7, 11) is 0. The van der Waals surface area contributed by atoms with Crippen LogP contribution in [0.3, 0.4) is 0 Å². The van der Waals surface area contributed by atoms with Gasteiger partial charge < -0.3 is 15.1 Å². The van der Waals surface area contributed by atoms with Crippen LogP contribution in [-0.2, 0) is 0 Å². The molecule has 1 aliphatic heterocycles. The van der Waals surface area contributed by atoms with E-state index in [1.54, 1.807) is 0 Å². The van der Waals surface area contributed by atoms with Gasteiger partial charge in [0.05, 0.1) is 0 Å². The fourth-order valence-corrected chi connectivity index (χ4v) is 2.02. The summed E-state index contributed by atoms with van der Waals surface area (Å²) in [6.07, 6.45) is 1.28. The van der Waals surface area contributed by atoms with E-state index in [1.165, 1.54) is 45.7 Å². The minimum absolute atomic E-state index is 0.627. The molecular weight excluding hydrogens is 186 g/mol. The number of likely N-dealkylation sites (N-methyl/N-ethyl adjacent to an activating group) is 1. The molecule has 0 saturated carbocycles. The van der Waals surface area contributed by atoms with Crippen molar-refractivity contribution < 1.29 is 0 Å². The molecule has 1 rings (SSSR count). The first-order chi connectivity index (χ1) is 7.22. The smallest absolute Gasteiger partial charge is 0.0110 e. The molecule has 0 aromatic rings. The van der Waals surface area contributed by atoms with E-state index >= 15 is 0 Å². The average molecular weight is 213 g/mol. The SMILES string of the molecule is CCN1CCN(CCCNC(C)C)CC1. The van der Waals surface area contributed by atoms with E-state index < -0.39 is 0 Å². The molecular formula is C12H27N3. The highest BCUT2D eigenvalue weighted by Crippen LogP contribution is 2.01. The first kappa shape index (κ1) is 12.9. The van der Waals surface area contributed by atoms with E-state index in [0.29, 0.717) is 6.04 Å². The molecule has 1 saturated heterocycles.